The van der Waals surface area contributed by atoms with E-state index in [0.717, 1.165) is 6.33 Å². The summed E-state index contributed by atoms with van der Waals surface area (Å²) in [5.74, 6) is -0.299. The third kappa shape index (κ3) is 4.09. The minimum Gasteiger partial charge on any atom is -0.495 e. The van der Waals surface area contributed by atoms with E-state index in [2.05, 4.69) is 31.1 Å². The van der Waals surface area contributed by atoms with Gasteiger partial charge in [0, 0.05) is 12.4 Å². The SMILES string of the molecule is COc1ccccc1Nc1ncnc(NNC(=O)c2cccnc2)c1[N+](=O)[O-]. The summed E-state index contributed by atoms with van der Waals surface area (Å²) in [6.45, 7) is 0. The Balaban J connectivity index is 1.85. The van der Waals surface area contributed by atoms with Crippen LogP contribution in [-0.2, 0) is 0 Å². The van der Waals surface area contributed by atoms with Crippen molar-refractivity contribution >= 4 is 28.9 Å². The van der Waals surface area contributed by atoms with Crippen LogP contribution in [0.25, 0.3) is 0 Å². The molecule has 0 bridgehead atoms. The molecule has 2 heterocycles. The largest absolute Gasteiger partial charge is 0.495 e. The van der Waals surface area contributed by atoms with E-state index in [-0.39, 0.29) is 17.2 Å². The number of hydrogen-bond acceptors (Lipinski definition) is 9. The van der Waals surface area contributed by atoms with Gasteiger partial charge in [-0.1, -0.05) is 12.1 Å². The Hall–Kier alpha value is -4.28. The molecular formula is C17H15N7O4. The Labute approximate surface area is 158 Å². The lowest BCUT2D eigenvalue weighted by molar-refractivity contribution is -0.383. The maximum absolute atomic E-state index is 12.1. The van der Waals surface area contributed by atoms with Crippen LogP contribution in [0.3, 0.4) is 0 Å². The van der Waals surface area contributed by atoms with Crippen molar-refractivity contribution < 1.29 is 14.5 Å². The molecule has 3 rings (SSSR count). The number of carbonyl (C=O) groups is 1. The number of rotatable bonds is 7. The normalized spacial score (nSPS) is 10.0. The number of anilines is 3. The van der Waals surface area contributed by atoms with Crippen molar-refractivity contribution in [2.24, 2.45) is 0 Å². The Bertz CT molecular complexity index is 998. The van der Waals surface area contributed by atoms with Crippen LogP contribution in [-0.4, -0.2) is 32.9 Å². The number of hydrogen-bond donors (Lipinski definition) is 3. The molecule has 142 valence electrons. The van der Waals surface area contributed by atoms with Crippen LogP contribution >= 0.6 is 0 Å². The number of methoxy groups -OCH3 is 1. The van der Waals surface area contributed by atoms with Gasteiger partial charge in [-0.05, 0) is 24.3 Å². The highest BCUT2D eigenvalue weighted by Gasteiger charge is 2.24. The molecule has 0 saturated carbocycles. The molecule has 0 aliphatic heterocycles. The van der Waals surface area contributed by atoms with Crippen molar-refractivity contribution in [2.45, 2.75) is 0 Å². The van der Waals surface area contributed by atoms with E-state index in [1.807, 2.05) is 0 Å². The Morgan fingerprint density at radius 3 is 2.64 bits per heavy atom. The molecule has 11 heteroatoms. The highest BCUT2D eigenvalue weighted by molar-refractivity contribution is 5.94. The lowest BCUT2D eigenvalue weighted by Gasteiger charge is -2.12. The van der Waals surface area contributed by atoms with Crippen LogP contribution in [0.4, 0.5) is 23.0 Å². The molecule has 3 aromatic rings. The maximum atomic E-state index is 12.1. The highest BCUT2D eigenvalue weighted by Crippen LogP contribution is 2.33. The van der Waals surface area contributed by atoms with Gasteiger partial charge in [-0.3, -0.25) is 30.7 Å². The van der Waals surface area contributed by atoms with Crippen LogP contribution in [0, 0.1) is 10.1 Å². The molecule has 0 spiro atoms. The molecule has 1 amide bonds. The second-order valence-corrected chi connectivity index (χ2v) is 5.32. The fourth-order valence-corrected chi connectivity index (χ4v) is 2.30. The van der Waals surface area contributed by atoms with E-state index in [9.17, 15) is 14.9 Å². The average molecular weight is 381 g/mol. The lowest BCUT2D eigenvalue weighted by atomic mass is 10.3. The van der Waals surface area contributed by atoms with E-state index < -0.39 is 16.5 Å². The van der Waals surface area contributed by atoms with Crippen molar-refractivity contribution in [3.63, 3.8) is 0 Å². The molecule has 0 aliphatic carbocycles. The van der Waals surface area contributed by atoms with Gasteiger partial charge in [0.1, 0.15) is 12.1 Å². The molecule has 0 radical (unpaired) electrons. The van der Waals surface area contributed by atoms with Gasteiger partial charge in [-0.15, -0.1) is 0 Å². The summed E-state index contributed by atoms with van der Waals surface area (Å²) in [5.41, 5.74) is 5.12. The number of pyridine rings is 1. The van der Waals surface area contributed by atoms with Gasteiger partial charge in [0.25, 0.3) is 5.91 Å². The smallest absolute Gasteiger partial charge is 0.355 e. The van der Waals surface area contributed by atoms with Crippen molar-refractivity contribution in [3.8, 4) is 5.75 Å². The minimum atomic E-state index is -0.656. The summed E-state index contributed by atoms with van der Waals surface area (Å²) in [4.78, 5) is 34.7. The summed E-state index contributed by atoms with van der Waals surface area (Å²) in [5, 5.41) is 14.4. The maximum Gasteiger partial charge on any atom is 0.355 e. The number of nitrogens with zero attached hydrogens (tertiary/aromatic N) is 4. The molecule has 0 unspecified atom stereocenters. The Kier molecular flexibility index (Phi) is 5.55. The summed E-state index contributed by atoms with van der Waals surface area (Å²) >= 11 is 0. The number of nitrogens with one attached hydrogen (secondary N) is 3. The summed E-state index contributed by atoms with van der Waals surface area (Å²) in [7, 11) is 1.48. The van der Waals surface area contributed by atoms with Gasteiger partial charge in [-0.25, -0.2) is 9.97 Å². The first kappa shape index (κ1) is 18.5. The zero-order chi connectivity index (χ0) is 19.9. The standard InChI is InChI=1S/C17H15N7O4/c1-28-13-7-3-2-6-12(13)21-15-14(24(26)27)16(20-10-19-15)22-23-17(25)11-5-4-8-18-9-11/h2-10H,1H3,(H,23,25)(H2,19,20,21,22). The van der Waals surface area contributed by atoms with E-state index in [1.165, 1.54) is 19.5 Å². The van der Waals surface area contributed by atoms with Crippen molar-refractivity contribution in [2.75, 3.05) is 17.9 Å². The number of nitro groups is 1. The first-order chi connectivity index (χ1) is 13.6. The van der Waals surface area contributed by atoms with Crippen LogP contribution in [0.5, 0.6) is 5.75 Å². The van der Waals surface area contributed by atoms with Gasteiger partial charge in [-0.2, -0.15) is 0 Å². The third-order valence-electron chi connectivity index (χ3n) is 3.58. The number of hydrazine groups is 1. The molecule has 28 heavy (non-hydrogen) atoms. The second-order valence-electron chi connectivity index (χ2n) is 5.32. The number of ether oxygens (including phenoxy) is 1. The van der Waals surface area contributed by atoms with Gasteiger partial charge in [0.2, 0.25) is 11.6 Å². The highest BCUT2D eigenvalue weighted by atomic mass is 16.6. The molecule has 3 N–H and O–H groups in total. The molecule has 0 fully saturated rings. The molecule has 0 atom stereocenters. The van der Waals surface area contributed by atoms with E-state index >= 15 is 0 Å². The number of amides is 1. The van der Waals surface area contributed by atoms with Crippen LogP contribution in [0.1, 0.15) is 10.4 Å². The Morgan fingerprint density at radius 2 is 1.93 bits per heavy atom. The van der Waals surface area contributed by atoms with Crippen LogP contribution < -0.4 is 20.9 Å². The van der Waals surface area contributed by atoms with Crippen molar-refractivity contribution in [1.29, 1.82) is 0 Å². The zero-order valence-corrected chi connectivity index (χ0v) is 14.6. The fourth-order valence-electron chi connectivity index (χ4n) is 2.30. The zero-order valence-electron chi connectivity index (χ0n) is 14.6. The van der Waals surface area contributed by atoms with Gasteiger partial charge >= 0.3 is 5.69 Å². The molecule has 2 aromatic heterocycles. The van der Waals surface area contributed by atoms with Gasteiger partial charge in [0.05, 0.1) is 23.3 Å². The monoisotopic (exact) mass is 381 g/mol. The van der Waals surface area contributed by atoms with Crippen LogP contribution in [0.2, 0.25) is 0 Å². The number of aromatic nitrogens is 3. The lowest BCUT2D eigenvalue weighted by Crippen LogP contribution is -2.30. The molecule has 1 aromatic carbocycles. The Morgan fingerprint density at radius 1 is 1.14 bits per heavy atom. The number of carbonyl (C=O) groups excluding carboxylic acids is 1. The fraction of sp³-hybridized carbons (Fsp3) is 0.0588. The molecule has 0 aliphatic rings. The third-order valence-corrected chi connectivity index (χ3v) is 3.58. The predicted octanol–water partition coefficient (Wildman–Crippen LogP) is 2.29. The van der Waals surface area contributed by atoms with Gasteiger partial charge in [0.15, 0.2) is 0 Å². The first-order valence-electron chi connectivity index (χ1n) is 7.96. The summed E-state index contributed by atoms with van der Waals surface area (Å²) in [6.07, 6.45) is 4.01. The van der Waals surface area contributed by atoms with E-state index in [1.54, 1.807) is 36.4 Å². The number of benzene rings is 1. The van der Waals surface area contributed by atoms with Crippen LogP contribution in [0.15, 0.2) is 55.1 Å². The molecular weight excluding hydrogens is 366 g/mol. The quantitative estimate of drug-likeness (QED) is 0.414. The predicted molar refractivity (Wildman–Crippen MR) is 100 cm³/mol. The first-order valence-corrected chi connectivity index (χ1v) is 7.96. The molecule has 0 saturated heterocycles. The summed E-state index contributed by atoms with van der Waals surface area (Å²) < 4.78 is 5.22. The van der Waals surface area contributed by atoms with Crippen molar-refractivity contribution in [1.82, 2.24) is 20.4 Å². The molecule has 11 nitrogen and oxygen atoms in total. The second kappa shape index (κ2) is 8.40. The topological polar surface area (TPSA) is 144 Å². The van der Waals surface area contributed by atoms with Crippen molar-refractivity contribution in [3.05, 3.63) is 70.8 Å². The van der Waals surface area contributed by atoms with Gasteiger partial charge < -0.3 is 10.1 Å². The van der Waals surface area contributed by atoms with E-state index in [0.29, 0.717) is 11.4 Å². The number of para-hydroxylation sites is 2. The van der Waals surface area contributed by atoms with E-state index in [4.69, 9.17) is 4.74 Å². The average Bonchev–Trinajstić information content (AvgIpc) is 2.73. The summed E-state index contributed by atoms with van der Waals surface area (Å²) in [6, 6.07) is 10.0. The minimum absolute atomic E-state index is 0.0670.